The van der Waals surface area contributed by atoms with Gasteiger partial charge in [-0.1, -0.05) is 30.1 Å². The number of nitrogens with zero attached hydrogens (tertiary/aromatic N) is 2. The minimum atomic E-state index is 0.0511. The first-order chi connectivity index (χ1) is 15.0. The van der Waals surface area contributed by atoms with Crippen LogP contribution >= 0.6 is 23.2 Å². The number of nitrogens with one attached hydrogen (secondary N) is 2. The van der Waals surface area contributed by atoms with Crippen LogP contribution in [0.5, 0.6) is 11.5 Å². The maximum Gasteiger partial charge on any atom is 0.141 e. The van der Waals surface area contributed by atoms with Gasteiger partial charge in [-0.25, -0.2) is 9.97 Å². The fourth-order valence-electron chi connectivity index (χ4n) is 3.26. The fourth-order valence-corrected chi connectivity index (χ4v) is 3.96. The van der Waals surface area contributed by atoms with Gasteiger partial charge >= 0.3 is 0 Å². The Morgan fingerprint density at radius 1 is 1.03 bits per heavy atom. The third-order valence-electron chi connectivity index (χ3n) is 5.09. The second-order valence-electron chi connectivity index (χ2n) is 6.83. The van der Waals surface area contributed by atoms with E-state index in [9.17, 15) is 0 Å². The summed E-state index contributed by atoms with van der Waals surface area (Å²) < 4.78 is 16.3. The number of ether oxygens (including phenoxy) is 3. The number of methoxy groups -OCH3 is 3. The second kappa shape index (κ2) is 10.2. The van der Waals surface area contributed by atoms with Crippen molar-refractivity contribution < 1.29 is 14.2 Å². The largest absolute Gasteiger partial charge is 0.495 e. The van der Waals surface area contributed by atoms with Gasteiger partial charge in [-0.3, -0.25) is 0 Å². The van der Waals surface area contributed by atoms with E-state index in [4.69, 9.17) is 42.4 Å². The van der Waals surface area contributed by atoms with Crippen molar-refractivity contribution in [1.82, 2.24) is 9.97 Å². The lowest BCUT2D eigenvalue weighted by molar-refractivity contribution is 0.110. The van der Waals surface area contributed by atoms with Gasteiger partial charge in [-0.2, -0.15) is 0 Å². The van der Waals surface area contributed by atoms with Crippen LogP contribution in [0.3, 0.4) is 0 Å². The first-order valence-corrected chi connectivity index (χ1v) is 10.6. The maximum atomic E-state index is 6.63. The van der Waals surface area contributed by atoms with Crippen molar-refractivity contribution in [2.45, 2.75) is 19.4 Å². The Bertz CT molecular complexity index is 1050. The van der Waals surface area contributed by atoms with Crippen LogP contribution in [0.1, 0.15) is 13.3 Å². The number of benzene rings is 1. The molecule has 0 bridgehead atoms. The number of anilines is 2. The van der Waals surface area contributed by atoms with Crippen LogP contribution in [0, 0.1) is 0 Å². The molecule has 0 aliphatic heterocycles. The van der Waals surface area contributed by atoms with Gasteiger partial charge in [0.15, 0.2) is 0 Å². The highest BCUT2D eigenvalue weighted by Crippen LogP contribution is 2.46. The summed E-state index contributed by atoms with van der Waals surface area (Å²) in [5.41, 5.74) is 1.10. The van der Waals surface area contributed by atoms with Crippen LogP contribution in [0.15, 0.2) is 24.4 Å². The normalized spacial score (nSPS) is 12.0. The zero-order valence-corrected chi connectivity index (χ0v) is 19.7. The second-order valence-corrected chi connectivity index (χ2v) is 7.58. The summed E-state index contributed by atoms with van der Waals surface area (Å²) in [5.74, 6) is 2.31. The highest BCUT2D eigenvalue weighted by Gasteiger charge is 2.21. The Hall–Kier alpha value is -2.48. The van der Waals surface area contributed by atoms with Gasteiger partial charge < -0.3 is 24.8 Å². The van der Waals surface area contributed by atoms with Gasteiger partial charge in [0.2, 0.25) is 0 Å². The molecule has 2 N–H and O–H groups in total. The number of rotatable bonds is 9. The molecule has 1 unspecified atom stereocenters. The van der Waals surface area contributed by atoms with Crippen LogP contribution in [0.25, 0.3) is 22.0 Å². The van der Waals surface area contributed by atoms with E-state index in [0.29, 0.717) is 45.2 Å². The average molecular weight is 465 g/mol. The molecule has 2 heterocycles. The number of hydrogen-bond acceptors (Lipinski definition) is 7. The number of fused-ring (bicyclic) bond motifs is 1. The molecular weight excluding hydrogens is 439 g/mol. The Kier molecular flexibility index (Phi) is 7.64. The number of hydrogen-bond donors (Lipinski definition) is 2. The molecule has 0 aliphatic rings. The van der Waals surface area contributed by atoms with Crippen molar-refractivity contribution in [3.8, 4) is 22.8 Å². The molecule has 0 fully saturated rings. The standard InChI is InChI=1S/C22H26Cl2N4O3/c1-6-13(29-3)11-27-22-14-8-18(25-2)26-10-12(14)7-15(28-22)19-20(23)16(30-4)9-17(31-5)21(19)24/h7-10,13H,6,11H2,1-5H3,(H,25,26)(H,27,28). The van der Waals surface area contributed by atoms with Crippen molar-refractivity contribution in [1.29, 1.82) is 0 Å². The molecule has 9 heteroatoms. The quantitative estimate of drug-likeness (QED) is 0.432. The Morgan fingerprint density at radius 2 is 1.71 bits per heavy atom. The molecule has 0 saturated carbocycles. The van der Waals surface area contributed by atoms with Crippen LogP contribution < -0.4 is 20.1 Å². The monoisotopic (exact) mass is 464 g/mol. The molecule has 1 atom stereocenters. The van der Waals surface area contributed by atoms with E-state index in [1.165, 1.54) is 14.2 Å². The summed E-state index contributed by atoms with van der Waals surface area (Å²) in [6.07, 6.45) is 2.70. The van der Waals surface area contributed by atoms with E-state index >= 15 is 0 Å². The van der Waals surface area contributed by atoms with Gasteiger partial charge in [0, 0.05) is 49.3 Å². The molecular formula is C22H26Cl2N4O3. The zero-order valence-electron chi connectivity index (χ0n) is 18.2. The summed E-state index contributed by atoms with van der Waals surface area (Å²) >= 11 is 13.3. The SMILES string of the molecule is CCC(CNc1nc(-c2c(Cl)c(OC)cc(OC)c2Cl)cc2cnc(NC)cc12)OC. The lowest BCUT2D eigenvalue weighted by Gasteiger charge is -2.18. The van der Waals surface area contributed by atoms with E-state index in [1.807, 2.05) is 19.2 Å². The van der Waals surface area contributed by atoms with Crippen molar-refractivity contribution in [3.05, 3.63) is 34.4 Å². The number of halogens is 2. The molecule has 7 nitrogen and oxygen atoms in total. The number of pyridine rings is 2. The van der Waals surface area contributed by atoms with E-state index in [-0.39, 0.29) is 6.10 Å². The topological polar surface area (TPSA) is 77.5 Å². The Balaban J connectivity index is 2.23. The summed E-state index contributed by atoms with van der Waals surface area (Å²) in [5, 5.41) is 8.97. The molecule has 0 saturated heterocycles. The highest BCUT2D eigenvalue weighted by molar-refractivity contribution is 6.41. The van der Waals surface area contributed by atoms with E-state index in [2.05, 4.69) is 22.5 Å². The lowest BCUT2D eigenvalue weighted by atomic mass is 10.1. The zero-order chi connectivity index (χ0) is 22.5. The Morgan fingerprint density at radius 3 is 2.26 bits per heavy atom. The van der Waals surface area contributed by atoms with Gasteiger partial charge in [-0.15, -0.1) is 0 Å². The molecule has 0 radical (unpaired) electrons. The minimum Gasteiger partial charge on any atom is -0.495 e. The third-order valence-corrected chi connectivity index (χ3v) is 5.84. The summed E-state index contributed by atoms with van der Waals surface area (Å²) in [6.45, 7) is 2.67. The first-order valence-electron chi connectivity index (χ1n) is 9.82. The van der Waals surface area contributed by atoms with E-state index < -0.39 is 0 Å². The van der Waals surface area contributed by atoms with Crippen LogP contribution in [-0.4, -0.2) is 51.0 Å². The van der Waals surface area contributed by atoms with E-state index in [1.54, 1.807) is 19.4 Å². The lowest BCUT2D eigenvalue weighted by Crippen LogP contribution is -2.21. The highest BCUT2D eigenvalue weighted by atomic mass is 35.5. The van der Waals surface area contributed by atoms with Crippen molar-refractivity contribution >= 4 is 45.6 Å². The molecule has 166 valence electrons. The third kappa shape index (κ3) is 4.74. The maximum absolute atomic E-state index is 6.63. The molecule has 0 spiro atoms. The summed E-state index contributed by atoms with van der Waals surface area (Å²) in [4.78, 5) is 9.29. The van der Waals surface area contributed by atoms with E-state index in [0.717, 1.165) is 23.0 Å². The van der Waals surface area contributed by atoms with Crippen LogP contribution in [0.2, 0.25) is 10.0 Å². The molecule has 3 aromatic rings. The molecule has 0 amide bonds. The summed E-state index contributed by atoms with van der Waals surface area (Å²) in [7, 11) is 6.60. The minimum absolute atomic E-state index is 0.0511. The van der Waals surface area contributed by atoms with Gasteiger partial charge in [0.05, 0.1) is 36.1 Å². The smallest absolute Gasteiger partial charge is 0.141 e. The van der Waals surface area contributed by atoms with Gasteiger partial charge in [-0.05, 0) is 18.6 Å². The first kappa shape index (κ1) is 23.2. The van der Waals surface area contributed by atoms with Gasteiger partial charge in [0.1, 0.15) is 23.1 Å². The van der Waals surface area contributed by atoms with Crippen molar-refractivity contribution in [3.63, 3.8) is 0 Å². The molecule has 0 aliphatic carbocycles. The molecule has 1 aromatic carbocycles. The van der Waals surface area contributed by atoms with Crippen LogP contribution in [0.4, 0.5) is 11.6 Å². The summed E-state index contributed by atoms with van der Waals surface area (Å²) in [6, 6.07) is 5.49. The van der Waals surface area contributed by atoms with Gasteiger partial charge in [0.25, 0.3) is 0 Å². The van der Waals surface area contributed by atoms with Crippen LogP contribution in [-0.2, 0) is 4.74 Å². The number of aromatic nitrogens is 2. The molecule has 2 aromatic heterocycles. The fraction of sp³-hybridized carbons (Fsp3) is 0.364. The predicted octanol–water partition coefficient (Wildman–Crippen LogP) is 5.50. The van der Waals surface area contributed by atoms with Crippen molar-refractivity contribution in [2.24, 2.45) is 0 Å². The average Bonchev–Trinajstić information content (AvgIpc) is 2.79. The predicted molar refractivity (Wildman–Crippen MR) is 127 cm³/mol. The van der Waals surface area contributed by atoms with Crippen molar-refractivity contribution in [2.75, 3.05) is 45.6 Å². The Labute approximate surface area is 192 Å². The molecule has 3 rings (SSSR count). The molecule has 31 heavy (non-hydrogen) atoms.